The van der Waals surface area contributed by atoms with Gasteiger partial charge in [-0.25, -0.2) is 0 Å². The van der Waals surface area contributed by atoms with Crippen molar-refractivity contribution in [2.45, 2.75) is 32.2 Å². The van der Waals surface area contributed by atoms with Crippen LogP contribution in [0.3, 0.4) is 0 Å². The van der Waals surface area contributed by atoms with E-state index in [0.717, 1.165) is 41.7 Å². The molecule has 5 nitrogen and oxygen atoms in total. The second-order valence-electron chi connectivity index (χ2n) is 6.92. The fraction of sp³-hybridized carbons (Fsp3) is 0.350. The fourth-order valence-electron chi connectivity index (χ4n) is 3.60. The van der Waals surface area contributed by atoms with E-state index in [2.05, 4.69) is 24.3 Å². The number of hydrogen-bond donors (Lipinski definition) is 1. The summed E-state index contributed by atoms with van der Waals surface area (Å²) >= 11 is 0. The first-order valence-electron chi connectivity index (χ1n) is 8.59. The van der Waals surface area contributed by atoms with Crippen molar-refractivity contribution < 1.29 is 13.6 Å². The third-order valence-corrected chi connectivity index (χ3v) is 5.11. The second-order valence-corrected chi connectivity index (χ2v) is 6.92. The van der Waals surface area contributed by atoms with Crippen LogP contribution in [0.2, 0.25) is 0 Å². The third-order valence-electron chi connectivity index (χ3n) is 5.11. The highest BCUT2D eigenvalue weighted by atomic mass is 16.3. The number of aryl methyl sites for hydroxylation is 2. The van der Waals surface area contributed by atoms with E-state index in [1.807, 2.05) is 18.2 Å². The number of furan rings is 2. The Hall–Kier alpha value is -2.53. The molecule has 130 valence electrons. The van der Waals surface area contributed by atoms with Crippen LogP contribution in [0.15, 0.2) is 39.4 Å². The van der Waals surface area contributed by atoms with Gasteiger partial charge in [0, 0.05) is 29.1 Å². The number of carbonyl (C=O) groups is 1. The van der Waals surface area contributed by atoms with Gasteiger partial charge in [-0.3, -0.25) is 4.79 Å². The van der Waals surface area contributed by atoms with Gasteiger partial charge in [-0.05, 0) is 58.1 Å². The van der Waals surface area contributed by atoms with Crippen LogP contribution in [0, 0.1) is 6.92 Å². The maximum absolute atomic E-state index is 12.4. The maximum atomic E-state index is 12.4. The Bertz CT molecular complexity index is 936. The Kier molecular flexibility index (Phi) is 3.88. The molecule has 0 spiro atoms. The molecule has 2 aromatic heterocycles. The first-order chi connectivity index (χ1) is 12.0. The number of anilines is 1. The van der Waals surface area contributed by atoms with Gasteiger partial charge in [0.05, 0.1) is 11.8 Å². The van der Waals surface area contributed by atoms with Gasteiger partial charge in [0.25, 0.3) is 5.91 Å². The summed E-state index contributed by atoms with van der Waals surface area (Å²) in [6.07, 6.45) is 4.58. The molecular formula is C20H22N2O3. The van der Waals surface area contributed by atoms with Crippen LogP contribution in [0.25, 0.3) is 11.0 Å². The van der Waals surface area contributed by atoms with E-state index in [-0.39, 0.29) is 5.91 Å². The molecule has 0 aliphatic heterocycles. The standard InChI is InChI=1S/C20H22N2O3/c1-12-15(8-9-24-12)20(23)21-13-4-6-18-16(10-13)17-11-14(22(2)3)5-7-19(17)25-18/h4,6,8-10,14H,5,7,11H2,1-3H3,(H,21,23). The Morgan fingerprint density at radius 1 is 1.28 bits per heavy atom. The average molecular weight is 338 g/mol. The highest BCUT2D eigenvalue weighted by Gasteiger charge is 2.25. The fourth-order valence-corrected chi connectivity index (χ4v) is 3.60. The normalized spacial score (nSPS) is 17.0. The quantitative estimate of drug-likeness (QED) is 0.784. The second kappa shape index (κ2) is 6.08. The van der Waals surface area contributed by atoms with Crippen molar-refractivity contribution in [2.75, 3.05) is 19.4 Å². The summed E-state index contributed by atoms with van der Waals surface area (Å²) in [6, 6.07) is 8.05. The number of likely N-dealkylation sites (N-methyl/N-ethyl adjacent to an activating group) is 1. The number of benzene rings is 1. The molecule has 25 heavy (non-hydrogen) atoms. The lowest BCUT2D eigenvalue weighted by atomic mass is 9.91. The van der Waals surface area contributed by atoms with E-state index in [9.17, 15) is 4.79 Å². The smallest absolute Gasteiger partial charge is 0.259 e. The molecule has 0 saturated heterocycles. The molecule has 0 bridgehead atoms. The van der Waals surface area contributed by atoms with Crippen LogP contribution in [0.4, 0.5) is 5.69 Å². The van der Waals surface area contributed by atoms with Crippen molar-refractivity contribution in [3.8, 4) is 0 Å². The number of amides is 1. The topological polar surface area (TPSA) is 58.6 Å². The lowest BCUT2D eigenvalue weighted by Crippen LogP contribution is -2.33. The summed E-state index contributed by atoms with van der Waals surface area (Å²) in [5.74, 6) is 1.55. The summed E-state index contributed by atoms with van der Waals surface area (Å²) in [5, 5.41) is 4.06. The molecule has 0 saturated carbocycles. The monoisotopic (exact) mass is 338 g/mol. The van der Waals surface area contributed by atoms with Gasteiger partial charge < -0.3 is 19.1 Å². The molecule has 3 aromatic rings. The van der Waals surface area contributed by atoms with Crippen molar-refractivity contribution in [1.82, 2.24) is 4.90 Å². The number of nitrogens with zero attached hydrogens (tertiary/aromatic N) is 1. The largest absolute Gasteiger partial charge is 0.469 e. The van der Waals surface area contributed by atoms with E-state index in [4.69, 9.17) is 8.83 Å². The van der Waals surface area contributed by atoms with Gasteiger partial charge >= 0.3 is 0 Å². The minimum atomic E-state index is -0.158. The predicted molar refractivity (Wildman–Crippen MR) is 97.1 cm³/mol. The van der Waals surface area contributed by atoms with Gasteiger partial charge in [0.2, 0.25) is 0 Å². The predicted octanol–water partition coefficient (Wildman–Crippen LogP) is 4.01. The average Bonchev–Trinajstić information content (AvgIpc) is 3.17. The molecule has 2 heterocycles. The van der Waals surface area contributed by atoms with Gasteiger partial charge in [0.1, 0.15) is 17.1 Å². The highest BCUT2D eigenvalue weighted by Crippen LogP contribution is 2.34. The number of hydrogen-bond acceptors (Lipinski definition) is 4. The van der Waals surface area contributed by atoms with Crippen LogP contribution in [0.5, 0.6) is 0 Å². The Morgan fingerprint density at radius 3 is 2.84 bits per heavy atom. The Balaban J connectivity index is 1.65. The molecule has 1 aliphatic rings. The molecule has 1 aliphatic carbocycles. The van der Waals surface area contributed by atoms with Gasteiger partial charge in [-0.15, -0.1) is 0 Å². The Labute approximate surface area is 146 Å². The molecular weight excluding hydrogens is 316 g/mol. The third kappa shape index (κ3) is 2.85. The molecule has 4 rings (SSSR count). The van der Waals surface area contributed by atoms with Gasteiger partial charge in [-0.1, -0.05) is 0 Å². The van der Waals surface area contributed by atoms with Crippen LogP contribution < -0.4 is 5.32 Å². The van der Waals surface area contributed by atoms with E-state index < -0.39 is 0 Å². The van der Waals surface area contributed by atoms with Crippen LogP contribution >= 0.6 is 0 Å². The van der Waals surface area contributed by atoms with Crippen molar-refractivity contribution in [2.24, 2.45) is 0 Å². The summed E-state index contributed by atoms with van der Waals surface area (Å²) in [7, 11) is 4.24. The minimum Gasteiger partial charge on any atom is -0.469 e. The Morgan fingerprint density at radius 2 is 2.12 bits per heavy atom. The molecule has 0 fully saturated rings. The molecule has 1 unspecified atom stereocenters. The van der Waals surface area contributed by atoms with Crippen molar-refractivity contribution >= 4 is 22.6 Å². The molecule has 5 heteroatoms. The maximum Gasteiger partial charge on any atom is 0.259 e. The van der Waals surface area contributed by atoms with Crippen LogP contribution in [0.1, 0.15) is 33.9 Å². The highest BCUT2D eigenvalue weighted by molar-refractivity contribution is 6.05. The first-order valence-corrected chi connectivity index (χ1v) is 8.59. The zero-order valence-electron chi connectivity index (χ0n) is 14.8. The number of nitrogens with one attached hydrogen (secondary N) is 1. The first kappa shape index (κ1) is 16.0. The number of carbonyl (C=O) groups excluding carboxylic acids is 1. The van der Waals surface area contributed by atoms with Gasteiger partial charge in [0.15, 0.2) is 0 Å². The number of fused-ring (bicyclic) bond motifs is 3. The summed E-state index contributed by atoms with van der Waals surface area (Å²) in [6.45, 7) is 1.78. The van der Waals surface area contributed by atoms with Crippen molar-refractivity contribution in [1.29, 1.82) is 0 Å². The van der Waals surface area contributed by atoms with Gasteiger partial charge in [-0.2, -0.15) is 0 Å². The van der Waals surface area contributed by atoms with E-state index in [1.165, 1.54) is 11.8 Å². The van der Waals surface area contributed by atoms with Crippen molar-refractivity contribution in [3.63, 3.8) is 0 Å². The lowest BCUT2D eigenvalue weighted by Gasteiger charge is -2.27. The summed E-state index contributed by atoms with van der Waals surface area (Å²) in [4.78, 5) is 14.7. The van der Waals surface area contributed by atoms with E-state index in [0.29, 0.717) is 17.4 Å². The lowest BCUT2D eigenvalue weighted by molar-refractivity contribution is 0.102. The van der Waals surface area contributed by atoms with E-state index in [1.54, 1.807) is 13.0 Å². The van der Waals surface area contributed by atoms with Crippen LogP contribution in [-0.4, -0.2) is 30.9 Å². The summed E-state index contributed by atoms with van der Waals surface area (Å²) in [5.41, 5.74) is 3.49. The minimum absolute atomic E-state index is 0.158. The van der Waals surface area contributed by atoms with Crippen LogP contribution in [-0.2, 0) is 12.8 Å². The zero-order valence-corrected chi connectivity index (χ0v) is 14.8. The number of rotatable bonds is 3. The summed E-state index contributed by atoms with van der Waals surface area (Å²) < 4.78 is 11.2. The molecule has 1 N–H and O–H groups in total. The molecule has 1 aromatic carbocycles. The molecule has 1 atom stereocenters. The SMILES string of the molecule is Cc1occc1C(=O)Nc1ccc2oc3c(c2c1)CC(N(C)C)CC3. The van der Waals surface area contributed by atoms with E-state index >= 15 is 0 Å². The molecule has 1 amide bonds. The zero-order chi connectivity index (χ0) is 17.6. The molecule has 0 radical (unpaired) electrons. The van der Waals surface area contributed by atoms with Crippen molar-refractivity contribution in [3.05, 3.63) is 53.2 Å².